The van der Waals surface area contributed by atoms with Crippen LogP contribution in [0.2, 0.25) is 5.02 Å². The molecule has 2 aromatic heterocycles. The zero-order valence-electron chi connectivity index (χ0n) is 21.1. The lowest BCUT2D eigenvalue weighted by atomic mass is 10.0. The average Bonchev–Trinajstić information content (AvgIpc) is 2.91. The molecule has 7 nitrogen and oxygen atoms in total. The highest BCUT2D eigenvalue weighted by Gasteiger charge is 2.39. The highest BCUT2D eigenvalue weighted by Crippen LogP contribution is 2.38. The van der Waals surface area contributed by atoms with Crippen molar-refractivity contribution in [3.05, 3.63) is 121 Å². The SMILES string of the molecule is C=C(C)C(F)(F)c1ncn(Cc2cc(-c3ccccc3)c(=O)[nH]c2CC)c(=O)c1Oc1cc(Cl)cc(C#N)c1. The van der Waals surface area contributed by atoms with Gasteiger partial charge in [0, 0.05) is 16.3 Å². The van der Waals surface area contributed by atoms with Gasteiger partial charge in [-0.25, -0.2) is 4.98 Å². The maximum absolute atomic E-state index is 15.1. The molecule has 0 aliphatic carbocycles. The van der Waals surface area contributed by atoms with Gasteiger partial charge in [0.25, 0.3) is 11.1 Å². The molecule has 198 valence electrons. The summed E-state index contributed by atoms with van der Waals surface area (Å²) in [7, 11) is 0. The minimum Gasteiger partial charge on any atom is -0.449 e. The standard InChI is InChI=1S/C29H23ClF2N4O3/c1-4-24-20(12-23(27(37)35-24)19-8-6-5-7-9-19)15-36-16-34-26(29(31,32)17(2)3)25(28(36)38)39-22-11-18(14-33)10-21(30)13-22/h5-13,16H,2,4,15H2,1,3H3,(H,35,37). The van der Waals surface area contributed by atoms with E-state index in [0.29, 0.717) is 28.8 Å². The summed E-state index contributed by atoms with van der Waals surface area (Å²) in [6.45, 7) is 6.20. The van der Waals surface area contributed by atoms with Gasteiger partial charge in [-0.2, -0.15) is 14.0 Å². The number of allylic oxidation sites excluding steroid dienone is 1. The number of nitrogens with one attached hydrogen (secondary N) is 1. The Kier molecular flexibility index (Phi) is 7.79. The molecule has 0 spiro atoms. The summed E-state index contributed by atoms with van der Waals surface area (Å²) in [5.41, 5.74) is -0.269. The van der Waals surface area contributed by atoms with Crippen LogP contribution in [0.4, 0.5) is 8.78 Å². The summed E-state index contributed by atoms with van der Waals surface area (Å²) in [5, 5.41) is 9.37. The number of hydrogen-bond acceptors (Lipinski definition) is 5. The van der Waals surface area contributed by atoms with E-state index in [1.807, 2.05) is 19.1 Å². The van der Waals surface area contributed by atoms with E-state index in [1.165, 1.54) is 18.2 Å². The fourth-order valence-corrected chi connectivity index (χ4v) is 4.21. The molecule has 1 N–H and O–H groups in total. The van der Waals surface area contributed by atoms with Crippen molar-refractivity contribution in [2.75, 3.05) is 0 Å². The molecule has 2 heterocycles. The van der Waals surface area contributed by atoms with Gasteiger partial charge in [-0.15, -0.1) is 0 Å². The molecular formula is C29H23ClF2N4O3. The highest BCUT2D eigenvalue weighted by molar-refractivity contribution is 6.30. The summed E-state index contributed by atoms with van der Waals surface area (Å²) in [6, 6.07) is 16.5. The van der Waals surface area contributed by atoms with E-state index < -0.39 is 28.5 Å². The summed E-state index contributed by atoms with van der Waals surface area (Å²) < 4.78 is 37.0. The van der Waals surface area contributed by atoms with Crippen molar-refractivity contribution >= 4 is 11.6 Å². The lowest BCUT2D eigenvalue weighted by molar-refractivity contribution is 0.0309. The molecule has 10 heteroatoms. The number of halogens is 3. The Morgan fingerprint density at radius 2 is 1.92 bits per heavy atom. The molecule has 0 unspecified atom stereocenters. The summed E-state index contributed by atoms with van der Waals surface area (Å²) in [4.78, 5) is 33.1. The minimum atomic E-state index is -3.68. The molecule has 0 amide bonds. The van der Waals surface area contributed by atoms with Crippen molar-refractivity contribution in [2.45, 2.75) is 32.7 Å². The van der Waals surface area contributed by atoms with E-state index in [4.69, 9.17) is 16.3 Å². The number of rotatable bonds is 8. The van der Waals surface area contributed by atoms with E-state index in [1.54, 1.807) is 30.3 Å². The van der Waals surface area contributed by atoms with Crippen LogP contribution in [0.3, 0.4) is 0 Å². The van der Waals surface area contributed by atoms with E-state index in [2.05, 4.69) is 16.5 Å². The van der Waals surface area contributed by atoms with Crippen LogP contribution in [0, 0.1) is 11.3 Å². The first kappa shape index (κ1) is 27.5. The Balaban J connectivity index is 1.87. The quantitative estimate of drug-likeness (QED) is 0.264. The molecule has 0 aliphatic rings. The third-order valence-corrected chi connectivity index (χ3v) is 6.26. The number of benzene rings is 2. The summed E-state index contributed by atoms with van der Waals surface area (Å²) >= 11 is 6.04. The predicted molar refractivity (Wildman–Crippen MR) is 144 cm³/mol. The Bertz CT molecular complexity index is 1720. The number of alkyl halides is 2. The number of aryl methyl sites for hydroxylation is 1. The second-order valence-corrected chi connectivity index (χ2v) is 9.27. The third-order valence-electron chi connectivity index (χ3n) is 6.04. The van der Waals surface area contributed by atoms with Crippen molar-refractivity contribution in [1.29, 1.82) is 5.26 Å². The van der Waals surface area contributed by atoms with Gasteiger partial charge in [0.05, 0.1) is 24.5 Å². The number of aromatic amines is 1. The Hall–Kier alpha value is -4.55. The van der Waals surface area contributed by atoms with Gasteiger partial charge >= 0.3 is 5.92 Å². The van der Waals surface area contributed by atoms with Crippen LogP contribution in [-0.4, -0.2) is 14.5 Å². The fraction of sp³-hybridized carbons (Fsp3) is 0.172. The predicted octanol–water partition coefficient (Wildman–Crippen LogP) is 6.19. The van der Waals surface area contributed by atoms with Crippen molar-refractivity contribution in [2.24, 2.45) is 0 Å². The normalized spacial score (nSPS) is 11.2. The molecule has 39 heavy (non-hydrogen) atoms. The largest absolute Gasteiger partial charge is 0.449 e. The van der Waals surface area contributed by atoms with Gasteiger partial charge in [-0.1, -0.05) is 55.4 Å². The Morgan fingerprint density at radius 1 is 1.21 bits per heavy atom. The second-order valence-electron chi connectivity index (χ2n) is 8.84. The lowest BCUT2D eigenvalue weighted by Gasteiger charge is -2.20. The van der Waals surface area contributed by atoms with Crippen LogP contribution in [0.1, 0.15) is 36.4 Å². The highest BCUT2D eigenvalue weighted by atomic mass is 35.5. The van der Waals surface area contributed by atoms with Gasteiger partial charge in [-0.3, -0.25) is 14.2 Å². The third kappa shape index (κ3) is 5.66. The van der Waals surface area contributed by atoms with Crippen LogP contribution >= 0.6 is 11.6 Å². The van der Waals surface area contributed by atoms with Crippen molar-refractivity contribution < 1.29 is 13.5 Å². The Labute approximate surface area is 227 Å². The average molecular weight is 549 g/mol. The van der Waals surface area contributed by atoms with Gasteiger partial charge < -0.3 is 9.72 Å². The zero-order chi connectivity index (χ0) is 28.3. The number of hydrogen-bond donors (Lipinski definition) is 1. The van der Waals surface area contributed by atoms with E-state index in [-0.39, 0.29) is 28.4 Å². The molecule has 0 atom stereocenters. The molecule has 0 fully saturated rings. The first-order valence-corrected chi connectivity index (χ1v) is 12.3. The number of ether oxygens (including phenoxy) is 1. The fourth-order valence-electron chi connectivity index (χ4n) is 3.99. The number of aromatic nitrogens is 3. The monoisotopic (exact) mass is 548 g/mol. The van der Waals surface area contributed by atoms with Gasteiger partial charge in [0.15, 0.2) is 5.69 Å². The number of pyridine rings is 1. The molecule has 4 aromatic rings. The van der Waals surface area contributed by atoms with Gasteiger partial charge in [0.1, 0.15) is 5.75 Å². The summed E-state index contributed by atoms with van der Waals surface area (Å²) in [5.74, 6) is -4.50. The topological polar surface area (TPSA) is 101 Å². The van der Waals surface area contributed by atoms with E-state index in [9.17, 15) is 14.9 Å². The van der Waals surface area contributed by atoms with E-state index in [0.717, 1.165) is 17.8 Å². The minimum absolute atomic E-state index is 0.0834. The number of H-pyrrole nitrogens is 1. The smallest absolute Gasteiger partial charge is 0.314 e. The van der Waals surface area contributed by atoms with Crippen LogP contribution < -0.4 is 15.9 Å². The van der Waals surface area contributed by atoms with Gasteiger partial charge in [0.2, 0.25) is 5.75 Å². The molecule has 0 saturated carbocycles. The number of nitrogens with zero attached hydrogens (tertiary/aromatic N) is 3. The first-order chi connectivity index (χ1) is 18.5. The van der Waals surface area contributed by atoms with Crippen LogP contribution in [0.5, 0.6) is 11.5 Å². The maximum Gasteiger partial charge on any atom is 0.314 e. The molecule has 0 saturated heterocycles. The van der Waals surface area contributed by atoms with E-state index >= 15 is 8.78 Å². The molecule has 0 bridgehead atoms. The zero-order valence-corrected chi connectivity index (χ0v) is 21.9. The van der Waals surface area contributed by atoms with Crippen LogP contribution in [0.25, 0.3) is 11.1 Å². The Morgan fingerprint density at radius 3 is 2.56 bits per heavy atom. The summed E-state index contributed by atoms with van der Waals surface area (Å²) in [6.07, 6.45) is 1.46. The van der Waals surface area contributed by atoms with Crippen molar-refractivity contribution in [3.63, 3.8) is 0 Å². The molecule has 0 aliphatic heterocycles. The molecule has 4 rings (SSSR count). The molecular weight excluding hydrogens is 526 g/mol. The first-order valence-electron chi connectivity index (χ1n) is 11.9. The van der Waals surface area contributed by atoms with Crippen LogP contribution in [-0.2, 0) is 18.9 Å². The molecule has 2 aromatic carbocycles. The lowest BCUT2D eigenvalue weighted by Crippen LogP contribution is -2.29. The number of nitriles is 1. The molecule has 0 radical (unpaired) electrons. The van der Waals surface area contributed by atoms with Crippen molar-refractivity contribution in [3.8, 4) is 28.7 Å². The van der Waals surface area contributed by atoms with Crippen molar-refractivity contribution in [1.82, 2.24) is 14.5 Å². The second kappa shape index (κ2) is 11.1. The maximum atomic E-state index is 15.1. The van der Waals surface area contributed by atoms with Crippen LogP contribution in [0.15, 0.2) is 82.7 Å². The van der Waals surface area contributed by atoms with Gasteiger partial charge in [-0.05, 0) is 54.3 Å².